The maximum absolute atomic E-state index is 4.63. The summed E-state index contributed by atoms with van der Waals surface area (Å²) in [5.74, 6) is 0. The molecule has 21 heavy (non-hydrogen) atoms. The van der Waals surface area contributed by atoms with Gasteiger partial charge in [-0.3, -0.25) is 4.98 Å². The quantitative estimate of drug-likeness (QED) is 0.776. The molecular formula is C19H20N2. The average molecular weight is 276 g/mol. The van der Waals surface area contributed by atoms with Crippen molar-refractivity contribution in [3.63, 3.8) is 0 Å². The molecule has 0 aliphatic heterocycles. The molecule has 0 spiro atoms. The number of hydrogen-bond donors (Lipinski definition) is 1. The van der Waals surface area contributed by atoms with Gasteiger partial charge in [-0.2, -0.15) is 0 Å². The molecule has 1 N–H and O–H groups in total. The monoisotopic (exact) mass is 276 g/mol. The second-order valence-corrected chi connectivity index (χ2v) is 5.23. The van der Waals surface area contributed by atoms with Gasteiger partial charge in [0.1, 0.15) is 0 Å². The van der Waals surface area contributed by atoms with E-state index in [1.165, 1.54) is 21.9 Å². The summed E-state index contributed by atoms with van der Waals surface area (Å²) >= 11 is 0. The number of nitrogens with one attached hydrogen (secondary N) is 1. The molecule has 0 aliphatic rings. The van der Waals surface area contributed by atoms with Gasteiger partial charge < -0.3 is 5.32 Å². The summed E-state index contributed by atoms with van der Waals surface area (Å²) < 4.78 is 0. The molecule has 2 heteroatoms. The maximum atomic E-state index is 4.63. The number of aryl methyl sites for hydroxylation is 1. The van der Waals surface area contributed by atoms with Crippen LogP contribution >= 0.6 is 0 Å². The molecule has 0 saturated carbocycles. The van der Waals surface area contributed by atoms with Crippen molar-refractivity contribution >= 4 is 10.8 Å². The van der Waals surface area contributed by atoms with Crippen LogP contribution in [0, 0.1) is 0 Å². The van der Waals surface area contributed by atoms with Crippen molar-refractivity contribution in [1.82, 2.24) is 10.3 Å². The van der Waals surface area contributed by atoms with Crippen molar-refractivity contribution in [2.75, 3.05) is 7.05 Å². The molecule has 0 bridgehead atoms. The number of aromatic nitrogens is 1. The lowest BCUT2D eigenvalue weighted by atomic mass is 9.97. The Morgan fingerprint density at radius 3 is 2.48 bits per heavy atom. The number of nitrogens with zero attached hydrogens (tertiary/aromatic N) is 1. The lowest BCUT2D eigenvalue weighted by molar-refractivity contribution is 0.677. The first-order valence-electron chi connectivity index (χ1n) is 7.43. The Labute approximate surface area is 125 Å². The molecule has 0 fully saturated rings. The molecule has 2 nitrogen and oxygen atoms in total. The molecule has 1 heterocycles. The minimum absolute atomic E-state index is 0.113. The fraction of sp³-hybridized carbons (Fsp3) is 0.211. The van der Waals surface area contributed by atoms with E-state index < -0.39 is 0 Å². The van der Waals surface area contributed by atoms with E-state index in [-0.39, 0.29) is 6.04 Å². The molecule has 2 aromatic carbocycles. The predicted octanol–water partition coefficient (Wildman–Crippen LogP) is 4.11. The highest BCUT2D eigenvalue weighted by Gasteiger charge is 2.15. The number of benzene rings is 2. The number of rotatable bonds is 4. The summed E-state index contributed by atoms with van der Waals surface area (Å²) in [6, 6.07) is 19.4. The zero-order valence-electron chi connectivity index (χ0n) is 12.5. The van der Waals surface area contributed by atoms with Crippen LogP contribution in [0.5, 0.6) is 0 Å². The molecule has 1 aromatic heterocycles. The van der Waals surface area contributed by atoms with Gasteiger partial charge in [-0.1, -0.05) is 55.5 Å². The van der Waals surface area contributed by atoms with E-state index in [4.69, 9.17) is 0 Å². The first-order valence-corrected chi connectivity index (χ1v) is 7.43. The highest BCUT2D eigenvalue weighted by Crippen LogP contribution is 2.27. The minimum Gasteiger partial charge on any atom is -0.308 e. The van der Waals surface area contributed by atoms with Gasteiger partial charge in [0.15, 0.2) is 0 Å². The molecule has 1 unspecified atom stereocenters. The van der Waals surface area contributed by atoms with Crippen LogP contribution in [-0.4, -0.2) is 12.0 Å². The second-order valence-electron chi connectivity index (χ2n) is 5.23. The summed E-state index contributed by atoms with van der Waals surface area (Å²) in [6.07, 6.45) is 2.96. The normalized spacial score (nSPS) is 12.5. The zero-order valence-corrected chi connectivity index (χ0v) is 12.5. The number of pyridine rings is 1. The van der Waals surface area contributed by atoms with Crippen LogP contribution in [0.25, 0.3) is 10.8 Å². The van der Waals surface area contributed by atoms with Crippen LogP contribution in [-0.2, 0) is 6.42 Å². The first kappa shape index (κ1) is 13.8. The Balaban J connectivity index is 2.09. The summed E-state index contributed by atoms with van der Waals surface area (Å²) in [6.45, 7) is 2.18. The second kappa shape index (κ2) is 6.06. The van der Waals surface area contributed by atoms with Crippen molar-refractivity contribution in [3.05, 3.63) is 77.6 Å². The lowest BCUT2D eigenvalue weighted by Crippen LogP contribution is -2.19. The van der Waals surface area contributed by atoms with Gasteiger partial charge in [-0.05, 0) is 36.0 Å². The van der Waals surface area contributed by atoms with Gasteiger partial charge >= 0.3 is 0 Å². The maximum Gasteiger partial charge on any atom is 0.0755 e. The van der Waals surface area contributed by atoms with Gasteiger partial charge in [0, 0.05) is 11.6 Å². The Bertz CT molecular complexity index is 727. The molecule has 1 atom stereocenters. The number of hydrogen-bond acceptors (Lipinski definition) is 2. The fourth-order valence-electron chi connectivity index (χ4n) is 2.78. The summed E-state index contributed by atoms with van der Waals surface area (Å²) in [4.78, 5) is 4.63. The van der Waals surface area contributed by atoms with Crippen LogP contribution in [0.2, 0.25) is 0 Å². The molecule has 0 radical (unpaired) electrons. The van der Waals surface area contributed by atoms with E-state index in [0.29, 0.717) is 0 Å². The van der Waals surface area contributed by atoms with E-state index >= 15 is 0 Å². The summed E-state index contributed by atoms with van der Waals surface area (Å²) in [7, 11) is 1.99. The largest absolute Gasteiger partial charge is 0.308 e. The number of fused-ring (bicyclic) bond motifs is 1. The van der Waals surface area contributed by atoms with Crippen molar-refractivity contribution < 1.29 is 0 Å². The molecule has 0 aliphatic carbocycles. The zero-order chi connectivity index (χ0) is 14.7. The molecule has 3 aromatic rings. The van der Waals surface area contributed by atoms with Crippen molar-refractivity contribution in [2.45, 2.75) is 19.4 Å². The summed E-state index contributed by atoms with van der Waals surface area (Å²) in [5.41, 5.74) is 3.69. The van der Waals surface area contributed by atoms with Gasteiger partial charge in [0.2, 0.25) is 0 Å². The van der Waals surface area contributed by atoms with E-state index in [2.05, 4.69) is 71.8 Å². The van der Waals surface area contributed by atoms with Crippen LogP contribution in [0.1, 0.15) is 29.8 Å². The van der Waals surface area contributed by atoms with E-state index in [0.717, 1.165) is 12.1 Å². The average Bonchev–Trinajstić information content (AvgIpc) is 2.56. The van der Waals surface area contributed by atoms with Crippen molar-refractivity contribution in [1.29, 1.82) is 0 Å². The molecule has 0 amide bonds. The standard InChI is InChI=1S/C19H20N2/c1-3-14-8-10-16(11-9-14)18(20-2)19-17-7-5-4-6-15(17)12-13-21-19/h4-13,18,20H,3H2,1-2H3. The van der Waals surface area contributed by atoms with Crippen LogP contribution in [0.15, 0.2) is 60.8 Å². The van der Waals surface area contributed by atoms with Crippen LogP contribution in [0.4, 0.5) is 0 Å². The third-order valence-electron chi connectivity index (χ3n) is 3.99. The molecular weight excluding hydrogens is 256 g/mol. The Morgan fingerprint density at radius 1 is 1.00 bits per heavy atom. The Morgan fingerprint density at radius 2 is 1.76 bits per heavy atom. The molecule has 3 rings (SSSR count). The molecule has 0 saturated heterocycles. The van der Waals surface area contributed by atoms with E-state index in [1.807, 2.05) is 13.2 Å². The topological polar surface area (TPSA) is 24.9 Å². The van der Waals surface area contributed by atoms with Gasteiger partial charge in [-0.15, -0.1) is 0 Å². The van der Waals surface area contributed by atoms with E-state index in [9.17, 15) is 0 Å². The van der Waals surface area contributed by atoms with E-state index in [1.54, 1.807) is 0 Å². The fourth-order valence-corrected chi connectivity index (χ4v) is 2.78. The SMILES string of the molecule is CCc1ccc(C(NC)c2nccc3ccccc23)cc1. The van der Waals surface area contributed by atoms with Crippen molar-refractivity contribution in [3.8, 4) is 0 Å². The first-order chi connectivity index (χ1) is 10.3. The van der Waals surface area contributed by atoms with Crippen LogP contribution in [0.3, 0.4) is 0 Å². The Kier molecular flexibility index (Phi) is 3.98. The summed E-state index contributed by atoms with van der Waals surface area (Å²) in [5, 5.41) is 5.84. The van der Waals surface area contributed by atoms with Crippen molar-refractivity contribution in [2.24, 2.45) is 0 Å². The van der Waals surface area contributed by atoms with Gasteiger partial charge in [-0.25, -0.2) is 0 Å². The minimum atomic E-state index is 0.113. The van der Waals surface area contributed by atoms with Crippen LogP contribution < -0.4 is 5.32 Å². The predicted molar refractivity (Wildman–Crippen MR) is 88.5 cm³/mol. The van der Waals surface area contributed by atoms with Gasteiger partial charge in [0.05, 0.1) is 11.7 Å². The highest BCUT2D eigenvalue weighted by molar-refractivity contribution is 5.85. The highest BCUT2D eigenvalue weighted by atomic mass is 14.9. The van der Waals surface area contributed by atoms with Gasteiger partial charge in [0.25, 0.3) is 0 Å². The third-order valence-corrected chi connectivity index (χ3v) is 3.99. The Hall–Kier alpha value is -2.19. The lowest BCUT2D eigenvalue weighted by Gasteiger charge is -2.18. The third kappa shape index (κ3) is 2.67. The molecule has 106 valence electrons. The smallest absolute Gasteiger partial charge is 0.0755 e.